The summed E-state index contributed by atoms with van der Waals surface area (Å²) in [5, 5.41) is 8.71. The van der Waals surface area contributed by atoms with Gasteiger partial charge in [-0.05, 0) is 55.2 Å². The summed E-state index contributed by atoms with van der Waals surface area (Å²) in [6.07, 6.45) is 3.72. The fraction of sp³-hybridized carbons (Fsp3) is 0.267. The van der Waals surface area contributed by atoms with Crippen molar-refractivity contribution in [2.45, 2.75) is 20.3 Å². The third-order valence-electron chi connectivity index (χ3n) is 2.99. The van der Waals surface area contributed by atoms with Gasteiger partial charge in [-0.15, -0.1) is 0 Å². The van der Waals surface area contributed by atoms with Gasteiger partial charge in [-0.1, -0.05) is 11.6 Å². The Balaban J connectivity index is 2.37. The lowest BCUT2D eigenvalue weighted by Crippen LogP contribution is -1.93. The summed E-state index contributed by atoms with van der Waals surface area (Å²) in [7, 11) is 0. The van der Waals surface area contributed by atoms with Gasteiger partial charge in [0.25, 0.3) is 0 Å². The molecule has 18 heavy (non-hydrogen) atoms. The second-order valence-electron chi connectivity index (χ2n) is 4.29. The number of ether oxygens (including phenoxy) is 1. The Morgan fingerprint density at radius 3 is 2.94 bits per heavy atom. The van der Waals surface area contributed by atoms with Crippen molar-refractivity contribution in [2.24, 2.45) is 0 Å². The summed E-state index contributed by atoms with van der Waals surface area (Å²) >= 11 is 0. The molecule has 0 heterocycles. The van der Waals surface area contributed by atoms with Crippen molar-refractivity contribution >= 4 is 11.5 Å². The molecule has 1 N–H and O–H groups in total. The number of rotatable bonds is 4. The first-order valence-electron chi connectivity index (χ1n) is 5.98. The number of carbonyl (C=O) groups is 1. The molecule has 0 atom stereocenters. The molecule has 3 nitrogen and oxygen atoms in total. The zero-order valence-electron chi connectivity index (χ0n) is 10.6. The number of hydrogen-bond acceptors (Lipinski definition) is 2. The maximum absolute atomic E-state index is 10.6. The highest BCUT2D eigenvalue weighted by molar-refractivity contribution is 5.89. The van der Waals surface area contributed by atoms with Crippen molar-refractivity contribution in [3.63, 3.8) is 0 Å². The van der Waals surface area contributed by atoms with Crippen LogP contribution in [0.25, 0.3) is 5.57 Å². The van der Waals surface area contributed by atoms with E-state index in [1.807, 2.05) is 32.0 Å². The van der Waals surface area contributed by atoms with E-state index in [0.29, 0.717) is 6.61 Å². The van der Waals surface area contributed by atoms with E-state index in [9.17, 15) is 4.79 Å². The maximum atomic E-state index is 10.6. The number of allylic oxidation sites excluding steroid dienone is 3. The minimum atomic E-state index is -0.926. The second-order valence-corrected chi connectivity index (χ2v) is 4.29. The predicted octanol–water partition coefficient (Wildman–Crippen LogP) is 3.06. The molecule has 1 aromatic rings. The summed E-state index contributed by atoms with van der Waals surface area (Å²) in [6.45, 7) is 4.60. The van der Waals surface area contributed by atoms with Crippen LogP contribution < -0.4 is 4.74 Å². The van der Waals surface area contributed by atoms with E-state index in [2.05, 4.69) is 0 Å². The van der Waals surface area contributed by atoms with Crippen LogP contribution in [0.1, 0.15) is 25.0 Å². The number of fused-ring (bicyclic) bond motifs is 1. The smallest absolute Gasteiger partial charge is 0.328 e. The van der Waals surface area contributed by atoms with Crippen molar-refractivity contribution in [2.75, 3.05) is 6.61 Å². The molecule has 0 radical (unpaired) electrons. The molecule has 0 saturated carbocycles. The van der Waals surface area contributed by atoms with Gasteiger partial charge < -0.3 is 9.84 Å². The van der Waals surface area contributed by atoms with Crippen molar-refractivity contribution < 1.29 is 14.6 Å². The number of benzene rings is 1. The van der Waals surface area contributed by atoms with Gasteiger partial charge in [-0.2, -0.15) is 0 Å². The first-order valence-corrected chi connectivity index (χ1v) is 5.98. The number of aliphatic carboxylic acids is 1. The lowest BCUT2D eigenvalue weighted by Gasteiger charge is -2.07. The average Bonchev–Trinajstić information content (AvgIpc) is 2.62. The lowest BCUT2D eigenvalue weighted by atomic mass is 10.0. The van der Waals surface area contributed by atoms with E-state index in [-0.39, 0.29) is 0 Å². The first kappa shape index (κ1) is 12.4. The zero-order chi connectivity index (χ0) is 13.1. The second kappa shape index (κ2) is 5.08. The molecule has 0 aromatic heterocycles. The number of hydrogen-bond donors (Lipinski definition) is 1. The molecule has 0 saturated heterocycles. The highest BCUT2D eigenvalue weighted by Crippen LogP contribution is 2.35. The quantitative estimate of drug-likeness (QED) is 0.828. The Morgan fingerprint density at radius 1 is 1.50 bits per heavy atom. The van der Waals surface area contributed by atoms with Gasteiger partial charge in [0.05, 0.1) is 6.61 Å². The van der Waals surface area contributed by atoms with Crippen molar-refractivity contribution in [1.29, 1.82) is 0 Å². The molecular weight excluding hydrogens is 228 g/mol. The Labute approximate surface area is 106 Å². The summed E-state index contributed by atoms with van der Waals surface area (Å²) in [5.74, 6) is -0.100. The summed E-state index contributed by atoms with van der Waals surface area (Å²) in [6, 6.07) is 5.99. The summed E-state index contributed by atoms with van der Waals surface area (Å²) in [4.78, 5) is 10.6. The van der Waals surface area contributed by atoms with Crippen LogP contribution in [0.3, 0.4) is 0 Å². The van der Waals surface area contributed by atoms with Gasteiger partial charge in [0.1, 0.15) is 5.75 Å². The van der Waals surface area contributed by atoms with Crippen LogP contribution in [0, 0.1) is 0 Å². The largest absolute Gasteiger partial charge is 0.494 e. The molecule has 1 aliphatic rings. The van der Waals surface area contributed by atoms with Crippen LogP contribution in [0.15, 0.2) is 35.9 Å². The topological polar surface area (TPSA) is 46.5 Å². The van der Waals surface area contributed by atoms with Crippen molar-refractivity contribution in [3.8, 4) is 5.75 Å². The lowest BCUT2D eigenvalue weighted by molar-refractivity contribution is -0.131. The minimum absolute atomic E-state index is 0.627. The normalized spacial score (nSPS) is 14.1. The Kier molecular flexibility index (Phi) is 3.51. The Hall–Kier alpha value is -2.03. The molecule has 0 amide bonds. The van der Waals surface area contributed by atoms with E-state index in [4.69, 9.17) is 9.84 Å². The molecule has 1 aliphatic carbocycles. The number of carboxylic acids is 1. The summed E-state index contributed by atoms with van der Waals surface area (Å²) < 4.78 is 5.48. The standard InChI is InChI=1S/C15H16O3/c1-3-18-12-5-4-11-8-10(2)13(14(11)9-12)6-7-15(16)17/h4-7,9H,3,8H2,1-2H3,(H,16,17)/b7-6+. The molecule has 0 aliphatic heterocycles. The van der Waals surface area contributed by atoms with Gasteiger partial charge >= 0.3 is 5.97 Å². The van der Waals surface area contributed by atoms with E-state index < -0.39 is 5.97 Å². The third kappa shape index (κ3) is 2.45. The third-order valence-corrected chi connectivity index (χ3v) is 2.99. The molecule has 3 heteroatoms. The SMILES string of the molecule is CCOc1ccc2c(c1)C(/C=C/C(=O)O)=C(C)C2. The summed E-state index contributed by atoms with van der Waals surface area (Å²) in [5.41, 5.74) is 4.49. The molecule has 0 spiro atoms. The molecule has 94 valence electrons. The predicted molar refractivity (Wildman–Crippen MR) is 70.7 cm³/mol. The molecule has 0 fully saturated rings. The van der Waals surface area contributed by atoms with E-state index >= 15 is 0 Å². The van der Waals surface area contributed by atoms with Crippen LogP contribution in [0.4, 0.5) is 0 Å². The molecule has 0 unspecified atom stereocenters. The Bertz CT molecular complexity index is 539. The zero-order valence-corrected chi connectivity index (χ0v) is 10.6. The van der Waals surface area contributed by atoms with E-state index in [0.717, 1.165) is 23.3 Å². The van der Waals surface area contributed by atoms with Crippen LogP contribution in [0.5, 0.6) is 5.75 Å². The van der Waals surface area contributed by atoms with Crippen LogP contribution in [-0.4, -0.2) is 17.7 Å². The van der Waals surface area contributed by atoms with E-state index in [1.54, 1.807) is 6.08 Å². The molecule has 0 bridgehead atoms. The van der Waals surface area contributed by atoms with Gasteiger partial charge in [-0.3, -0.25) is 0 Å². The fourth-order valence-corrected chi connectivity index (χ4v) is 2.21. The molecule has 1 aromatic carbocycles. The first-order chi connectivity index (χ1) is 8.61. The monoisotopic (exact) mass is 244 g/mol. The molecular formula is C15H16O3. The van der Waals surface area contributed by atoms with Gasteiger partial charge in [0.15, 0.2) is 0 Å². The van der Waals surface area contributed by atoms with Crippen LogP contribution >= 0.6 is 0 Å². The minimum Gasteiger partial charge on any atom is -0.494 e. The van der Waals surface area contributed by atoms with Crippen LogP contribution in [-0.2, 0) is 11.2 Å². The Morgan fingerprint density at radius 2 is 2.28 bits per heavy atom. The fourth-order valence-electron chi connectivity index (χ4n) is 2.21. The highest BCUT2D eigenvalue weighted by atomic mass is 16.5. The average molecular weight is 244 g/mol. The van der Waals surface area contributed by atoms with Crippen molar-refractivity contribution in [3.05, 3.63) is 47.1 Å². The highest BCUT2D eigenvalue weighted by Gasteiger charge is 2.17. The van der Waals surface area contributed by atoms with Gasteiger partial charge in [0, 0.05) is 6.08 Å². The number of carboxylic acid groups (broad SMARTS) is 1. The van der Waals surface area contributed by atoms with Gasteiger partial charge in [0.2, 0.25) is 0 Å². The maximum Gasteiger partial charge on any atom is 0.328 e. The van der Waals surface area contributed by atoms with Crippen molar-refractivity contribution in [1.82, 2.24) is 0 Å². The van der Waals surface area contributed by atoms with Crippen LogP contribution in [0.2, 0.25) is 0 Å². The van der Waals surface area contributed by atoms with Gasteiger partial charge in [-0.25, -0.2) is 4.79 Å². The van der Waals surface area contributed by atoms with E-state index in [1.165, 1.54) is 17.2 Å². The molecule has 2 rings (SSSR count).